The minimum Gasteiger partial charge on any atom is -0.314 e. The van der Waals surface area contributed by atoms with Crippen molar-refractivity contribution in [2.24, 2.45) is 0 Å². The van der Waals surface area contributed by atoms with Gasteiger partial charge in [-0.25, -0.2) is 9.97 Å². The number of hydrogen-bond donors (Lipinski definition) is 1. The SMILES string of the molecule is c1cnc2c(c1)nc(CC1CCCCN1)n2C1CCCCS1. The second-order valence-corrected chi connectivity index (χ2v) is 7.70. The zero-order valence-corrected chi connectivity index (χ0v) is 13.8. The first-order chi connectivity index (χ1) is 10.9. The van der Waals surface area contributed by atoms with Crippen molar-refractivity contribution in [2.75, 3.05) is 12.3 Å². The average Bonchev–Trinajstić information content (AvgIpc) is 2.94. The molecule has 0 bridgehead atoms. The Morgan fingerprint density at radius 2 is 2.18 bits per heavy atom. The number of hydrogen-bond acceptors (Lipinski definition) is 4. The van der Waals surface area contributed by atoms with Crippen molar-refractivity contribution >= 4 is 22.9 Å². The van der Waals surface area contributed by atoms with Crippen LogP contribution in [0, 0.1) is 0 Å². The zero-order valence-electron chi connectivity index (χ0n) is 13.0. The molecule has 22 heavy (non-hydrogen) atoms. The zero-order chi connectivity index (χ0) is 14.8. The van der Waals surface area contributed by atoms with E-state index in [1.54, 1.807) is 0 Å². The predicted octanol–water partition coefficient (Wildman–Crippen LogP) is 3.53. The van der Waals surface area contributed by atoms with E-state index in [1.165, 1.54) is 50.1 Å². The summed E-state index contributed by atoms with van der Waals surface area (Å²) in [6.07, 6.45) is 10.8. The van der Waals surface area contributed by atoms with Gasteiger partial charge in [-0.05, 0) is 56.5 Å². The van der Waals surface area contributed by atoms with Crippen molar-refractivity contribution in [3.8, 4) is 0 Å². The molecule has 2 unspecified atom stereocenters. The number of rotatable bonds is 3. The molecule has 2 aromatic rings. The number of piperidine rings is 1. The molecule has 4 heterocycles. The Balaban J connectivity index is 1.68. The van der Waals surface area contributed by atoms with Crippen molar-refractivity contribution in [3.05, 3.63) is 24.2 Å². The first-order valence-corrected chi connectivity index (χ1v) is 9.63. The van der Waals surface area contributed by atoms with Crippen LogP contribution < -0.4 is 5.32 Å². The summed E-state index contributed by atoms with van der Waals surface area (Å²) in [6, 6.07) is 4.68. The molecule has 4 nitrogen and oxygen atoms in total. The quantitative estimate of drug-likeness (QED) is 0.940. The van der Waals surface area contributed by atoms with Crippen molar-refractivity contribution < 1.29 is 0 Å². The summed E-state index contributed by atoms with van der Waals surface area (Å²) < 4.78 is 2.44. The van der Waals surface area contributed by atoms with Crippen molar-refractivity contribution in [1.29, 1.82) is 0 Å². The predicted molar refractivity (Wildman–Crippen MR) is 92.2 cm³/mol. The van der Waals surface area contributed by atoms with Gasteiger partial charge in [0, 0.05) is 18.7 Å². The molecule has 4 rings (SSSR count). The van der Waals surface area contributed by atoms with Crippen LogP contribution in [0.2, 0.25) is 0 Å². The molecule has 2 saturated heterocycles. The summed E-state index contributed by atoms with van der Waals surface area (Å²) in [5, 5.41) is 4.18. The van der Waals surface area contributed by atoms with E-state index in [4.69, 9.17) is 4.98 Å². The van der Waals surface area contributed by atoms with E-state index >= 15 is 0 Å². The first kappa shape index (κ1) is 14.5. The highest BCUT2D eigenvalue weighted by Crippen LogP contribution is 2.37. The summed E-state index contributed by atoms with van der Waals surface area (Å²) in [4.78, 5) is 9.57. The maximum atomic E-state index is 4.93. The Hall–Kier alpha value is -1.07. The van der Waals surface area contributed by atoms with Gasteiger partial charge in [-0.15, -0.1) is 11.8 Å². The van der Waals surface area contributed by atoms with E-state index in [0.717, 1.165) is 24.1 Å². The molecule has 0 saturated carbocycles. The topological polar surface area (TPSA) is 42.7 Å². The van der Waals surface area contributed by atoms with E-state index < -0.39 is 0 Å². The van der Waals surface area contributed by atoms with Gasteiger partial charge in [-0.3, -0.25) is 4.57 Å². The molecule has 0 spiro atoms. The highest BCUT2D eigenvalue weighted by Gasteiger charge is 2.24. The normalized spacial score (nSPS) is 26.4. The van der Waals surface area contributed by atoms with Crippen LogP contribution in [0.5, 0.6) is 0 Å². The molecule has 0 aliphatic carbocycles. The van der Waals surface area contributed by atoms with Crippen molar-refractivity contribution in [3.63, 3.8) is 0 Å². The average molecular weight is 316 g/mol. The van der Waals surface area contributed by atoms with Crippen LogP contribution in [0.25, 0.3) is 11.2 Å². The summed E-state index contributed by atoms with van der Waals surface area (Å²) >= 11 is 2.07. The molecule has 2 aliphatic rings. The van der Waals surface area contributed by atoms with Crippen LogP contribution >= 0.6 is 11.8 Å². The van der Waals surface area contributed by atoms with Crippen molar-refractivity contribution in [1.82, 2.24) is 19.9 Å². The maximum Gasteiger partial charge on any atom is 0.160 e. The van der Waals surface area contributed by atoms with Crippen LogP contribution in [-0.4, -0.2) is 32.9 Å². The number of nitrogens with one attached hydrogen (secondary N) is 1. The summed E-state index contributed by atoms with van der Waals surface area (Å²) in [5.74, 6) is 2.49. The lowest BCUT2D eigenvalue weighted by Crippen LogP contribution is -2.36. The molecule has 2 atom stereocenters. The van der Waals surface area contributed by atoms with Crippen LogP contribution in [-0.2, 0) is 6.42 Å². The lowest BCUT2D eigenvalue weighted by Gasteiger charge is -2.27. The first-order valence-electron chi connectivity index (χ1n) is 8.58. The fraction of sp³-hybridized carbons (Fsp3) is 0.647. The molecule has 118 valence electrons. The molecule has 2 aliphatic heterocycles. The molecule has 2 fully saturated rings. The van der Waals surface area contributed by atoms with Gasteiger partial charge in [0.05, 0.1) is 5.37 Å². The van der Waals surface area contributed by atoms with Gasteiger partial charge in [0.2, 0.25) is 0 Å². The van der Waals surface area contributed by atoms with Gasteiger partial charge in [0.25, 0.3) is 0 Å². The molecule has 0 radical (unpaired) electrons. The molecular formula is C17H24N4S. The summed E-state index contributed by atoms with van der Waals surface area (Å²) in [6.45, 7) is 1.15. The highest BCUT2D eigenvalue weighted by atomic mass is 32.2. The van der Waals surface area contributed by atoms with Gasteiger partial charge in [0.15, 0.2) is 5.65 Å². The smallest absolute Gasteiger partial charge is 0.160 e. The van der Waals surface area contributed by atoms with Crippen molar-refractivity contribution in [2.45, 2.75) is 56.4 Å². The monoisotopic (exact) mass is 316 g/mol. The number of fused-ring (bicyclic) bond motifs is 1. The van der Waals surface area contributed by atoms with E-state index in [0.29, 0.717) is 11.4 Å². The largest absolute Gasteiger partial charge is 0.314 e. The minimum atomic E-state index is 0.521. The number of imidazole rings is 1. The second kappa shape index (κ2) is 6.59. The van der Waals surface area contributed by atoms with Gasteiger partial charge in [-0.1, -0.05) is 6.42 Å². The molecule has 0 aromatic carbocycles. The van der Waals surface area contributed by atoms with Gasteiger partial charge in [-0.2, -0.15) is 0 Å². The van der Waals surface area contributed by atoms with Gasteiger partial charge < -0.3 is 5.32 Å². The Kier molecular flexibility index (Phi) is 4.35. The number of pyridine rings is 1. The third-order valence-corrected chi connectivity index (χ3v) is 6.16. The van der Waals surface area contributed by atoms with Gasteiger partial charge >= 0.3 is 0 Å². The van der Waals surface area contributed by atoms with Crippen LogP contribution in [0.15, 0.2) is 18.3 Å². The third kappa shape index (κ3) is 2.88. The minimum absolute atomic E-state index is 0.521. The maximum absolute atomic E-state index is 4.93. The molecular weight excluding hydrogens is 292 g/mol. The Morgan fingerprint density at radius 1 is 1.23 bits per heavy atom. The Labute approximate surface area is 136 Å². The van der Waals surface area contributed by atoms with Crippen LogP contribution in [0.4, 0.5) is 0 Å². The fourth-order valence-corrected chi connectivity index (χ4v) is 5.02. The lowest BCUT2D eigenvalue weighted by molar-refractivity contribution is 0.388. The van der Waals surface area contributed by atoms with Crippen LogP contribution in [0.1, 0.15) is 49.7 Å². The number of thioether (sulfide) groups is 1. The van der Waals surface area contributed by atoms with E-state index in [2.05, 4.69) is 32.7 Å². The molecule has 0 amide bonds. The number of aromatic nitrogens is 3. The number of nitrogens with zero attached hydrogens (tertiary/aromatic N) is 3. The van der Waals surface area contributed by atoms with E-state index in [-0.39, 0.29) is 0 Å². The lowest BCUT2D eigenvalue weighted by atomic mass is 10.0. The standard InChI is InChI=1S/C17H24N4S/c1-3-9-18-13(6-1)12-15-20-14-7-5-10-19-17(14)21(15)16-8-2-4-11-22-16/h5,7,10,13,16,18H,1-4,6,8-9,11-12H2. The van der Waals surface area contributed by atoms with Gasteiger partial charge in [0.1, 0.15) is 11.3 Å². The molecule has 5 heteroatoms. The highest BCUT2D eigenvalue weighted by molar-refractivity contribution is 7.99. The second-order valence-electron chi connectivity index (χ2n) is 6.42. The van der Waals surface area contributed by atoms with E-state index in [1.807, 2.05) is 12.3 Å². The van der Waals surface area contributed by atoms with E-state index in [9.17, 15) is 0 Å². The summed E-state index contributed by atoms with van der Waals surface area (Å²) in [5.41, 5.74) is 2.13. The molecule has 1 N–H and O–H groups in total. The summed E-state index contributed by atoms with van der Waals surface area (Å²) in [7, 11) is 0. The molecule has 2 aromatic heterocycles. The Bertz CT molecular complexity index is 627. The van der Waals surface area contributed by atoms with Crippen LogP contribution in [0.3, 0.4) is 0 Å². The fourth-order valence-electron chi connectivity index (χ4n) is 3.67. The third-order valence-electron chi connectivity index (χ3n) is 4.81. The Morgan fingerprint density at radius 3 is 3.00 bits per heavy atom.